The molecule has 7 nitrogen and oxygen atoms in total. The second-order valence-corrected chi connectivity index (χ2v) is 8.08. The van der Waals surface area contributed by atoms with E-state index in [1.165, 1.54) is 12.1 Å². The van der Waals surface area contributed by atoms with Crippen molar-refractivity contribution in [1.29, 1.82) is 0 Å². The molecule has 34 heavy (non-hydrogen) atoms. The minimum absolute atomic E-state index is 0.273. The third-order valence-electron chi connectivity index (χ3n) is 5.74. The molecule has 2 aromatic carbocycles. The molecular formula is C26H19FN6O. The molecule has 6 rings (SSSR count). The summed E-state index contributed by atoms with van der Waals surface area (Å²) in [6.07, 6.45) is 3.39. The maximum atomic E-state index is 14.1. The Bertz CT molecular complexity index is 1670. The van der Waals surface area contributed by atoms with Gasteiger partial charge in [0.15, 0.2) is 11.5 Å². The summed E-state index contributed by atoms with van der Waals surface area (Å²) in [6, 6.07) is 16.5. The predicted octanol–water partition coefficient (Wildman–Crippen LogP) is 5.69. The molecule has 0 aliphatic rings. The number of benzene rings is 2. The van der Waals surface area contributed by atoms with E-state index in [0.717, 1.165) is 44.5 Å². The van der Waals surface area contributed by atoms with Gasteiger partial charge in [-0.05, 0) is 54.4 Å². The smallest absolute Gasteiger partial charge is 0.161 e. The van der Waals surface area contributed by atoms with E-state index in [1.54, 1.807) is 19.5 Å². The Balaban J connectivity index is 1.49. The summed E-state index contributed by atoms with van der Waals surface area (Å²) in [7, 11) is 1.60. The monoisotopic (exact) mass is 450 g/mol. The summed E-state index contributed by atoms with van der Waals surface area (Å²) in [5.41, 5.74) is 7.70. The normalized spacial score (nSPS) is 11.4. The number of nitrogens with one attached hydrogen (secondary N) is 2. The molecule has 0 bridgehead atoms. The van der Waals surface area contributed by atoms with Crippen molar-refractivity contribution in [2.24, 2.45) is 0 Å². The Morgan fingerprint density at radius 1 is 0.882 bits per heavy atom. The minimum Gasteiger partial charge on any atom is -0.495 e. The van der Waals surface area contributed by atoms with E-state index in [2.05, 4.69) is 20.2 Å². The van der Waals surface area contributed by atoms with Crippen LogP contribution in [0.15, 0.2) is 67.0 Å². The summed E-state index contributed by atoms with van der Waals surface area (Å²) >= 11 is 0. The van der Waals surface area contributed by atoms with E-state index in [4.69, 9.17) is 14.7 Å². The number of rotatable bonds is 4. The fraction of sp³-hybridized carbons (Fsp3) is 0.0769. The number of aromatic amines is 2. The SMILES string of the molecule is COc1cncc(-c2ccc3[nH]nc(-c4nc5c(-c6cc(C)cc(F)c6)cccc5[nH]4)c3n2)c1. The molecule has 0 radical (unpaired) electrons. The van der Waals surface area contributed by atoms with Crippen LogP contribution >= 0.6 is 0 Å². The molecule has 6 aromatic rings. The van der Waals surface area contributed by atoms with Gasteiger partial charge in [-0.25, -0.2) is 14.4 Å². The fourth-order valence-corrected chi connectivity index (χ4v) is 4.16. The highest BCUT2D eigenvalue weighted by Gasteiger charge is 2.17. The van der Waals surface area contributed by atoms with Crippen molar-refractivity contribution in [3.05, 3.63) is 78.4 Å². The number of ether oxygens (including phenoxy) is 1. The van der Waals surface area contributed by atoms with Gasteiger partial charge in [-0.3, -0.25) is 10.1 Å². The highest BCUT2D eigenvalue weighted by Crippen LogP contribution is 2.32. The Morgan fingerprint density at radius 2 is 1.79 bits per heavy atom. The summed E-state index contributed by atoms with van der Waals surface area (Å²) in [5.74, 6) is 0.962. The van der Waals surface area contributed by atoms with Gasteiger partial charge in [-0.15, -0.1) is 0 Å². The first-order chi connectivity index (χ1) is 16.6. The van der Waals surface area contributed by atoms with Crippen molar-refractivity contribution in [2.75, 3.05) is 7.11 Å². The number of imidazole rings is 1. The topological polar surface area (TPSA) is 92.4 Å². The molecular weight excluding hydrogens is 431 g/mol. The predicted molar refractivity (Wildman–Crippen MR) is 129 cm³/mol. The lowest BCUT2D eigenvalue weighted by Crippen LogP contribution is -1.89. The maximum absolute atomic E-state index is 14.1. The lowest BCUT2D eigenvalue weighted by atomic mass is 10.0. The molecule has 0 unspecified atom stereocenters. The van der Waals surface area contributed by atoms with Gasteiger partial charge in [0, 0.05) is 17.3 Å². The second-order valence-electron chi connectivity index (χ2n) is 8.08. The first-order valence-corrected chi connectivity index (χ1v) is 10.7. The number of aromatic nitrogens is 6. The first-order valence-electron chi connectivity index (χ1n) is 10.7. The Kier molecular flexibility index (Phi) is 4.58. The third kappa shape index (κ3) is 3.36. The van der Waals surface area contributed by atoms with Crippen LogP contribution in [0, 0.1) is 12.7 Å². The molecule has 0 aliphatic carbocycles. The number of fused-ring (bicyclic) bond motifs is 2. The van der Waals surface area contributed by atoms with Crippen molar-refractivity contribution in [2.45, 2.75) is 6.92 Å². The molecule has 0 saturated carbocycles. The van der Waals surface area contributed by atoms with E-state index < -0.39 is 0 Å². The largest absolute Gasteiger partial charge is 0.495 e. The number of methoxy groups -OCH3 is 1. The minimum atomic E-state index is -0.273. The molecule has 0 spiro atoms. The van der Waals surface area contributed by atoms with Crippen LogP contribution < -0.4 is 4.74 Å². The molecule has 4 heterocycles. The molecule has 0 saturated heterocycles. The summed E-state index contributed by atoms with van der Waals surface area (Å²) < 4.78 is 19.4. The van der Waals surface area contributed by atoms with Gasteiger partial charge in [0.25, 0.3) is 0 Å². The molecule has 166 valence electrons. The molecule has 0 atom stereocenters. The second kappa shape index (κ2) is 7.77. The van der Waals surface area contributed by atoms with E-state index in [1.807, 2.05) is 49.4 Å². The number of para-hydroxylation sites is 1. The highest BCUT2D eigenvalue weighted by molar-refractivity contribution is 5.96. The zero-order valence-electron chi connectivity index (χ0n) is 18.4. The zero-order valence-corrected chi connectivity index (χ0v) is 18.4. The summed E-state index contributed by atoms with van der Waals surface area (Å²) in [6.45, 7) is 1.87. The molecule has 0 amide bonds. The van der Waals surface area contributed by atoms with Gasteiger partial charge >= 0.3 is 0 Å². The van der Waals surface area contributed by atoms with Crippen LogP contribution in [0.2, 0.25) is 0 Å². The Morgan fingerprint density at radius 3 is 2.65 bits per heavy atom. The number of hydrogen-bond donors (Lipinski definition) is 2. The van der Waals surface area contributed by atoms with E-state index >= 15 is 0 Å². The number of halogens is 1. The van der Waals surface area contributed by atoms with Crippen LogP contribution in [0.25, 0.3) is 56.0 Å². The fourth-order valence-electron chi connectivity index (χ4n) is 4.16. The van der Waals surface area contributed by atoms with Crippen molar-refractivity contribution < 1.29 is 9.13 Å². The molecule has 4 aromatic heterocycles. The quantitative estimate of drug-likeness (QED) is 0.360. The van der Waals surface area contributed by atoms with E-state index in [0.29, 0.717) is 22.8 Å². The van der Waals surface area contributed by atoms with Crippen LogP contribution in [0.1, 0.15) is 5.56 Å². The lowest BCUT2D eigenvalue weighted by Gasteiger charge is -2.04. The maximum Gasteiger partial charge on any atom is 0.161 e. The third-order valence-corrected chi connectivity index (χ3v) is 5.74. The lowest BCUT2D eigenvalue weighted by molar-refractivity contribution is 0.413. The van der Waals surface area contributed by atoms with Gasteiger partial charge in [-0.1, -0.05) is 18.2 Å². The van der Waals surface area contributed by atoms with E-state index in [-0.39, 0.29) is 5.82 Å². The van der Waals surface area contributed by atoms with Crippen molar-refractivity contribution in [3.8, 4) is 39.7 Å². The van der Waals surface area contributed by atoms with Gasteiger partial charge in [0.1, 0.15) is 17.1 Å². The molecule has 0 fully saturated rings. The standard InChI is InChI=1S/C26H19FN6O/c1-14-8-15(10-17(27)9-14)19-4-3-5-21-23(19)31-26(30-21)25-24-22(32-33-25)7-6-20(29-24)16-11-18(34-2)13-28-12-16/h3-13H,1-2H3,(H,30,31)(H,32,33). The highest BCUT2D eigenvalue weighted by atomic mass is 19.1. The van der Waals surface area contributed by atoms with Gasteiger partial charge < -0.3 is 9.72 Å². The van der Waals surface area contributed by atoms with Gasteiger partial charge in [-0.2, -0.15) is 5.10 Å². The molecule has 0 aliphatic heterocycles. The Labute approximate surface area is 193 Å². The van der Waals surface area contributed by atoms with E-state index in [9.17, 15) is 4.39 Å². The van der Waals surface area contributed by atoms with Crippen molar-refractivity contribution in [3.63, 3.8) is 0 Å². The number of H-pyrrole nitrogens is 2. The number of aryl methyl sites for hydroxylation is 1. The van der Waals surface area contributed by atoms with Crippen LogP contribution in [-0.4, -0.2) is 37.2 Å². The van der Waals surface area contributed by atoms with Gasteiger partial charge in [0.2, 0.25) is 0 Å². The first kappa shape index (κ1) is 20.0. The van der Waals surface area contributed by atoms with Crippen LogP contribution in [0.5, 0.6) is 5.75 Å². The number of pyridine rings is 2. The summed E-state index contributed by atoms with van der Waals surface area (Å²) in [5, 5.41) is 7.51. The van der Waals surface area contributed by atoms with Gasteiger partial charge in [0.05, 0.1) is 35.6 Å². The number of nitrogens with zero attached hydrogens (tertiary/aromatic N) is 4. The number of hydrogen-bond acceptors (Lipinski definition) is 5. The molecule has 8 heteroatoms. The molecule has 2 N–H and O–H groups in total. The van der Waals surface area contributed by atoms with Crippen molar-refractivity contribution in [1.82, 2.24) is 30.1 Å². The van der Waals surface area contributed by atoms with Crippen LogP contribution in [-0.2, 0) is 0 Å². The van der Waals surface area contributed by atoms with Crippen LogP contribution in [0.4, 0.5) is 4.39 Å². The zero-order chi connectivity index (χ0) is 23.2. The Hall–Kier alpha value is -4.59. The average molecular weight is 450 g/mol. The summed E-state index contributed by atoms with van der Waals surface area (Å²) in [4.78, 5) is 17.2. The van der Waals surface area contributed by atoms with Crippen LogP contribution in [0.3, 0.4) is 0 Å². The average Bonchev–Trinajstić information content (AvgIpc) is 3.46. The van der Waals surface area contributed by atoms with Crippen molar-refractivity contribution >= 4 is 22.1 Å².